The minimum Gasteiger partial charge on any atom is -0.496 e. The van der Waals surface area contributed by atoms with Crippen molar-refractivity contribution in [3.8, 4) is 16.9 Å². The van der Waals surface area contributed by atoms with Crippen LogP contribution in [0.5, 0.6) is 5.75 Å². The van der Waals surface area contributed by atoms with E-state index in [9.17, 15) is 17.8 Å². The molecule has 0 radical (unpaired) electrons. The lowest BCUT2D eigenvalue weighted by Gasteiger charge is -2.31. The minimum absolute atomic E-state index is 0.0518. The fourth-order valence-electron chi connectivity index (χ4n) is 4.55. The zero-order valence-electron chi connectivity index (χ0n) is 28.9. The van der Waals surface area contributed by atoms with Gasteiger partial charge >= 0.3 is 7.82 Å². The van der Waals surface area contributed by atoms with Crippen LogP contribution < -0.4 is 15.0 Å². The summed E-state index contributed by atoms with van der Waals surface area (Å²) in [6, 6.07) is 11.4. The number of nitrogens with zero attached hydrogens (tertiary/aromatic N) is 1. The maximum absolute atomic E-state index is 15.1. The number of pyridine rings is 1. The standard InChI is InChI=1S/C34H46FN2O8PS/c1-32(2,3)29-19-25(18-24(30(29)42-10)15-12-23-13-16-27(17-14-23)36-47(11,40)41)28-20-26(35)21-37(31(28)38)22-43-46(39,44-33(4,5)6)45-34(7,8)9/h12-21,36H,22H2,1-11H3/b15-12+. The van der Waals surface area contributed by atoms with Crippen LogP contribution in [0.25, 0.3) is 23.3 Å². The van der Waals surface area contributed by atoms with Crippen molar-refractivity contribution in [2.24, 2.45) is 0 Å². The first-order valence-electron chi connectivity index (χ1n) is 14.9. The molecule has 0 amide bonds. The quantitative estimate of drug-likeness (QED) is 0.158. The second-order valence-electron chi connectivity index (χ2n) is 14.2. The molecule has 1 aromatic heterocycles. The van der Waals surface area contributed by atoms with Gasteiger partial charge in [0.25, 0.3) is 5.56 Å². The van der Waals surface area contributed by atoms with Crippen molar-refractivity contribution < 1.29 is 35.7 Å². The minimum atomic E-state index is -4.19. The molecule has 2 aromatic carbocycles. The average Bonchev–Trinajstić information content (AvgIpc) is 2.89. The summed E-state index contributed by atoms with van der Waals surface area (Å²) in [5.41, 5.74) is 0.277. The summed E-state index contributed by atoms with van der Waals surface area (Å²) in [7, 11) is -6.05. The van der Waals surface area contributed by atoms with E-state index in [0.29, 0.717) is 22.6 Å². The van der Waals surface area contributed by atoms with Gasteiger partial charge in [-0.2, -0.15) is 0 Å². The number of halogens is 1. The summed E-state index contributed by atoms with van der Waals surface area (Å²) < 4.78 is 77.9. The summed E-state index contributed by atoms with van der Waals surface area (Å²) >= 11 is 0. The SMILES string of the molecule is COc1c(/C=C/c2ccc(NS(C)(=O)=O)cc2)cc(-c2cc(F)cn(COP(=O)(OC(C)(C)C)OC(C)(C)C)c2=O)cc1C(C)(C)C. The molecule has 0 spiro atoms. The Morgan fingerprint density at radius 2 is 1.49 bits per heavy atom. The van der Waals surface area contributed by atoms with Gasteiger partial charge in [0.2, 0.25) is 10.0 Å². The number of ether oxygens (including phenoxy) is 1. The molecule has 0 bridgehead atoms. The predicted molar refractivity (Wildman–Crippen MR) is 186 cm³/mol. The molecule has 47 heavy (non-hydrogen) atoms. The first kappa shape index (κ1) is 38.2. The lowest BCUT2D eigenvalue weighted by molar-refractivity contribution is -0.00661. The van der Waals surface area contributed by atoms with E-state index in [2.05, 4.69) is 4.72 Å². The summed E-state index contributed by atoms with van der Waals surface area (Å²) in [5, 5.41) is 0. The van der Waals surface area contributed by atoms with Crippen molar-refractivity contribution in [3.05, 3.63) is 81.5 Å². The van der Waals surface area contributed by atoms with Gasteiger partial charge in [-0.15, -0.1) is 0 Å². The van der Waals surface area contributed by atoms with Gasteiger partial charge in [0.1, 0.15) is 18.3 Å². The number of benzene rings is 2. The smallest absolute Gasteiger partial charge is 0.477 e. The number of aromatic nitrogens is 1. The summed E-state index contributed by atoms with van der Waals surface area (Å²) in [6.07, 6.45) is 5.68. The van der Waals surface area contributed by atoms with E-state index in [4.69, 9.17) is 18.3 Å². The second kappa shape index (κ2) is 14.1. The molecule has 1 N–H and O–H groups in total. The molecule has 0 saturated heterocycles. The molecule has 3 aromatic rings. The maximum atomic E-state index is 15.1. The van der Waals surface area contributed by atoms with Crippen molar-refractivity contribution in [3.63, 3.8) is 0 Å². The number of methoxy groups -OCH3 is 1. The predicted octanol–water partition coefficient (Wildman–Crippen LogP) is 8.21. The Kier molecular flexibility index (Phi) is 11.4. The van der Waals surface area contributed by atoms with Gasteiger partial charge in [-0.1, -0.05) is 45.1 Å². The summed E-state index contributed by atoms with van der Waals surface area (Å²) in [6.45, 7) is 15.5. The van der Waals surface area contributed by atoms with Crippen molar-refractivity contribution in [1.82, 2.24) is 4.57 Å². The number of hydrogen-bond donors (Lipinski definition) is 1. The monoisotopic (exact) mass is 692 g/mol. The lowest BCUT2D eigenvalue weighted by atomic mass is 9.83. The Hall–Kier alpha value is -3.28. The topological polar surface area (TPSA) is 122 Å². The first-order chi connectivity index (χ1) is 21.4. The highest BCUT2D eigenvalue weighted by atomic mass is 32.2. The van der Waals surface area contributed by atoms with Gasteiger partial charge in [-0.25, -0.2) is 17.4 Å². The van der Waals surface area contributed by atoms with Crippen LogP contribution in [0.2, 0.25) is 0 Å². The summed E-state index contributed by atoms with van der Waals surface area (Å²) in [5.74, 6) is -0.132. The highest BCUT2D eigenvalue weighted by Gasteiger charge is 2.37. The number of rotatable bonds is 11. The number of anilines is 1. The van der Waals surface area contributed by atoms with Crippen LogP contribution >= 0.6 is 7.82 Å². The van der Waals surface area contributed by atoms with Crippen LogP contribution in [0.4, 0.5) is 10.1 Å². The molecule has 1 heterocycles. The largest absolute Gasteiger partial charge is 0.496 e. The molecule has 0 atom stereocenters. The van der Waals surface area contributed by atoms with Crippen molar-refractivity contribution in [1.29, 1.82) is 0 Å². The number of hydrogen-bond acceptors (Lipinski definition) is 8. The highest BCUT2D eigenvalue weighted by molar-refractivity contribution is 7.92. The Morgan fingerprint density at radius 3 is 1.98 bits per heavy atom. The van der Waals surface area contributed by atoms with Gasteiger partial charge in [-0.3, -0.25) is 27.7 Å². The zero-order valence-corrected chi connectivity index (χ0v) is 30.6. The molecule has 0 saturated carbocycles. The molecule has 0 unspecified atom stereocenters. The fraction of sp³-hybridized carbons (Fsp3) is 0.441. The number of sulfonamides is 1. The normalized spacial score (nSPS) is 13.3. The van der Waals surface area contributed by atoms with Crippen LogP contribution in [-0.4, -0.2) is 37.6 Å². The third kappa shape index (κ3) is 11.4. The van der Waals surface area contributed by atoms with Crippen LogP contribution in [0, 0.1) is 5.82 Å². The van der Waals surface area contributed by atoms with Gasteiger partial charge in [0.05, 0.1) is 30.1 Å². The molecular formula is C34H46FN2O8PS. The second-order valence-corrected chi connectivity index (χ2v) is 17.5. The maximum Gasteiger partial charge on any atom is 0.477 e. The lowest BCUT2D eigenvalue weighted by Crippen LogP contribution is -2.27. The van der Waals surface area contributed by atoms with E-state index < -0.39 is 52.6 Å². The third-order valence-electron chi connectivity index (χ3n) is 6.29. The Labute approximate surface area is 277 Å². The van der Waals surface area contributed by atoms with Crippen LogP contribution in [0.15, 0.2) is 53.5 Å². The summed E-state index contributed by atoms with van der Waals surface area (Å²) in [4.78, 5) is 13.8. The third-order valence-corrected chi connectivity index (χ3v) is 8.87. The molecular weight excluding hydrogens is 646 g/mol. The first-order valence-corrected chi connectivity index (χ1v) is 18.3. The molecule has 3 rings (SSSR count). The van der Waals surface area contributed by atoms with Crippen molar-refractivity contribution in [2.75, 3.05) is 18.1 Å². The van der Waals surface area contributed by atoms with E-state index in [1.165, 1.54) is 0 Å². The van der Waals surface area contributed by atoms with Crippen LogP contribution in [0.1, 0.15) is 79.0 Å². The highest BCUT2D eigenvalue weighted by Crippen LogP contribution is 2.55. The number of nitrogens with one attached hydrogen (secondary N) is 1. The Balaban J connectivity index is 2.10. The van der Waals surface area contributed by atoms with Gasteiger partial charge in [0, 0.05) is 23.0 Å². The van der Waals surface area contributed by atoms with E-state index >= 15 is 4.39 Å². The molecule has 258 valence electrons. The van der Waals surface area contributed by atoms with Crippen molar-refractivity contribution in [2.45, 2.75) is 85.7 Å². The van der Waals surface area contributed by atoms with Gasteiger partial charge < -0.3 is 4.74 Å². The number of phosphoric acid groups is 1. The molecule has 0 aliphatic carbocycles. The van der Waals surface area contributed by atoms with Crippen molar-refractivity contribution >= 4 is 35.7 Å². The van der Waals surface area contributed by atoms with E-state index in [1.54, 1.807) is 91.1 Å². The molecule has 13 heteroatoms. The Morgan fingerprint density at radius 1 is 0.915 bits per heavy atom. The van der Waals surface area contributed by atoms with E-state index in [0.717, 1.165) is 34.2 Å². The molecule has 0 aliphatic rings. The van der Waals surface area contributed by atoms with Crippen LogP contribution in [-0.2, 0) is 40.3 Å². The Bertz CT molecular complexity index is 1810. The molecule has 0 fully saturated rings. The van der Waals surface area contributed by atoms with Crippen LogP contribution in [0.3, 0.4) is 0 Å². The number of phosphoric ester groups is 1. The van der Waals surface area contributed by atoms with Gasteiger partial charge in [0.15, 0.2) is 0 Å². The fourth-order valence-corrected chi connectivity index (χ4v) is 6.87. The van der Waals surface area contributed by atoms with E-state index in [-0.39, 0.29) is 5.56 Å². The molecule has 0 aliphatic heterocycles. The molecule has 10 nitrogen and oxygen atoms in total. The zero-order chi connectivity index (χ0) is 35.6. The van der Waals surface area contributed by atoms with Gasteiger partial charge in [-0.05, 0) is 88.4 Å². The van der Waals surface area contributed by atoms with E-state index in [1.807, 2.05) is 26.8 Å². The average molecular weight is 693 g/mol.